The zero-order valence-corrected chi connectivity index (χ0v) is 18.6. The van der Waals surface area contributed by atoms with E-state index in [4.69, 9.17) is 4.74 Å². The second-order valence-corrected chi connectivity index (χ2v) is 9.93. The van der Waals surface area contributed by atoms with Crippen molar-refractivity contribution < 1.29 is 17.9 Å². The van der Waals surface area contributed by atoms with E-state index in [0.717, 1.165) is 11.1 Å². The van der Waals surface area contributed by atoms with Crippen molar-refractivity contribution in [2.45, 2.75) is 24.4 Å². The van der Waals surface area contributed by atoms with E-state index in [1.807, 2.05) is 37.3 Å². The molecule has 2 fully saturated rings. The molecule has 0 bridgehead atoms. The molecule has 0 aromatic heterocycles. The standard InChI is InChI=1S/C23H29N3O4S/c1-19-8-10-21(11-9-19)31(28,29)26-13-5-12-25(23(26)20-6-3-2-4-7-20)22(27)18-24-14-16-30-17-15-24/h2-4,6-11,23H,5,12-18H2,1H3/t23-/m1/s1. The van der Waals surface area contributed by atoms with Crippen molar-refractivity contribution in [2.75, 3.05) is 45.9 Å². The zero-order valence-electron chi connectivity index (χ0n) is 17.8. The van der Waals surface area contributed by atoms with Gasteiger partial charge in [0.25, 0.3) is 0 Å². The normalized spacial score (nSPS) is 21.2. The van der Waals surface area contributed by atoms with Gasteiger partial charge in [-0.2, -0.15) is 4.31 Å². The van der Waals surface area contributed by atoms with Crippen LogP contribution in [0.3, 0.4) is 0 Å². The number of nitrogens with zero attached hydrogens (tertiary/aromatic N) is 3. The molecule has 1 atom stereocenters. The maximum absolute atomic E-state index is 13.6. The fourth-order valence-electron chi connectivity index (χ4n) is 4.17. The van der Waals surface area contributed by atoms with Gasteiger partial charge in [-0.1, -0.05) is 48.0 Å². The summed E-state index contributed by atoms with van der Waals surface area (Å²) in [6, 6.07) is 16.3. The Balaban J connectivity index is 1.67. The van der Waals surface area contributed by atoms with Gasteiger partial charge < -0.3 is 9.64 Å². The lowest BCUT2D eigenvalue weighted by Gasteiger charge is -2.44. The fraction of sp³-hybridized carbons (Fsp3) is 0.435. The van der Waals surface area contributed by atoms with Crippen LogP contribution >= 0.6 is 0 Å². The number of hydrogen-bond donors (Lipinski definition) is 0. The molecule has 2 aromatic carbocycles. The minimum atomic E-state index is -3.77. The minimum Gasteiger partial charge on any atom is -0.379 e. The summed E-state index contributed by atoms with van der Waals surface area (Å²) < 4.78 is 34.1. The van der Waals surface area contributed by atoms with E-state index in [0.29, 0.717) is 45.8 Å². The molecule has 2 saturated heterocycles. The monoisotopic (exact) mass is 443 g/mol. The van der Waals surface area contributed by atoms with Gasteiger partial charge in [0.05, 0.1) is 24.7 Å². The number of hydrogen-bond acceptors (Lipinski definition) is 5. The molecular formula is C23H29N3O4S. The van der Waals surface area contributed by atoms with E-state index in [9.17, 15) is 13.2 Å². The number of carbonyl (C=O) groups excluding carboxylic acids is 1. The smallest absolute Gasteiger partial charge is 0.245 e. The Kier molecular flexibility index (Phi) is 6.71. The first-order valence-corrected chi connectivity index (χ1v) is 12.1. The molecule has 7 nitrogen and oxygen atoms in total. The van der Waals surface area contributed by atoms with Crippen LogP contribution in [0.2, 0.25) is 0 Å². The molecule has 8 heteroatoms. The van der Waals surface area contributed by atoms with Crippen LogP contribution in [0.4, 0.5) is 0 Å². The molecule has 2 aliphatic rings. The predicted molar refractivity (Wildman–Crippen MR) is 118 cm³/mol. The van der Waals surface area contributed by atoms with Gasteiger partial charge in [-0.15, -0.1) is 0 Å². The van der Waals surface area contributed by atoms with Gasteiger partial charge in [0.1, 0.15) is 6.17 Å². The summed E-state index contributed by atoms with van der Waals surface area (Å²) in [5.41, 5.74) is 1.80. The molecule has 31 heavy (non-hydrogen) atoms. The molecule has 2 aromatic rings. The van der Waals surface area contributed by atoms with E-state index in [1.54, 1.807) is 29.2 Å². The van der Waals surface area contributed by atoms with Gasteiger partial charge in [-0.3, -0.25) is 9.69 Å². The summed E-state index contributed by atoms with van der Waals surface area (Å²) in [5.74, 6) is -0.0560. The number of morpholine rings is 1. The Morgan fingerprint density at radius 3 is 2.32 bits per heavy atom. The van der Waals surface area contributed by atoms with Crippen molar-refractivity contribution in [3.05, 3.63) is 65.7 Å². The Hall–Kier alpha value is -2.26. The second kappa shape index (κ2) is 9.48. The third-order valence-electron chi connectivity index (χ3n) is 5.85. The Morgan fingerprint density at radius 1 is 0.968 bits per heavy atom. The zero-order chi connectivity index (χ0) is 21.8. The Labute approximate surface area is 184 Å². The van der Waals surface area contributed by atoms with Crippen molar-refractivity contribution in [2.24, 2.45) is 0 Å². The number of benzene rings is 2. The van der Waals surface area contributed by atoms with Gasteiger partial charge in [-0.25, -0.2) is 8.42 Å². The third-order valence-corrected chi connectivity index (χ3v) is 7.72. The van der Waals surface area contributed by atoms with Crippen LogP contribution < -0.4 is 0 Å². The van der Waals surface area contributed by atoms with Gasteiger partial charge in [-0.05, 0) is 31.0 Å². The largest absolute Gasteiger partial charge is 0.379 e. The van der Waals surface area contributed by atoms with Gasteiger partial charge in [0.2, 0.25) is 15.9 Å². The van der Waals surface area contributed by atoms with Crippen LogP contribution in [0.5, 0.6) is 0 Å². The molecule has 0 saturated carbocycles. The molecule has 2 aliphatic heterocycles. The number of amides is 1. The summed E-state index contributed by atoms with van der Waals surface area (Å²) in [5, 5.41) is 0. The SMILES string of the molecule is Cc1ccc(S(=O)(=O)N2CCCN(C(=O)CN3CCOCC3)[C@H]2c2ccccc2)cc1. The van der Waals surface area contributed by atoms with Crippen LogP contribution in [-0.2, 0) is 19.6 Å². The lowest BCUT2D eigenvalue weighted by Crippen LogP contribution is -2.54. The van der Waals surface area contributed by atoms with Crippen molar-refractivity contribution in [1.82, 2.24) is 14.1 Å². The molecule has 0 unspecified atom stereocenters. The number of rotatable bonds is 5. The number of sulfonamides is 1. The highest BCUT2D eigenvalue weighted by molar-refractivity contribution is 7.89. The molecule has 0 N–H and O–H groups in total. The summed E-state index contributed by atoms with van der Waals surface area (Å²) in [4.78, 5) is 17.4. The highest BCUT2D eigenvalue weighted by atomic mass is 32.2. The number of carbonyl (C=O) groups is 1. The fourth-order valence-corrected chi connectivity index (χ4v) is 5.79. The maximum Gasteiger partial charge on any atom is 0.245 e. The highest BCUT2D eigenvalue weighted by Crippen LogP contribution is 2.34. The first kappa shape index (κ1) is 22.0. The van der Waals surface area contributed by atoms with Crippen molar-refractivity contribution in [1.29, 1.82) is 0 Å². The van der Waals surface area contributed by atoms with Gasteiger partial charge >= 0.3 is 0 Å². The van der Waals surface area contributed by atoms with Crippen LogP contribution in [0, 0.1) is 6.92 Å². The van der Waals surface area contributed by atoms with E-state index < -0.39 is 16.2 Å². The topological polar surface area (TPSA) is 70.2 Å². The average molecular weight is 444 g/mol. The van der Waals surface area contributed by atoms with Crippen LogP contribution in [0.1, 0.15) is 23.7 Å². The number of ether oxygens (including phenoxy) is 1. The first-order valence-electron chi connectivity index (χ1n) is 10.7. The highest BCUT2D eigenvalue weighted by Gasteiger charge is 2.41. The maximum atomic E-state index is 13.6. The summed E-state index contributed by atoms with van der Waals surface area (Å²) in [6.45, 7) is 5.75. The Morgan fingerprint density at radius 2 is 1.65 bits per heavy atom. The van der Waals surface area contributed by atoms with Crippen molar-refractivity contribution >= 4 is 15.9 Å². The second-order valence-electron chi connectivity index (χ2n) is 8.04. The van der Waals surface area contributed by atoms with Gasteiger partial charge in [0, 0.05) is 26.2 Å². The molecule has 1 amide bonds. The lowest BCUT2D eigenvalue weighted by molar-refractivity contribution is -0.140. The van der Waals surface area contributed by atoms with E-state index in [1.165, 1.54) is 4.31 Å². The van der Waals surface area contributed by atoms with Crippen molar-refractivity contribution in [3.8, 4) is 0 Å². The summed E-state index contributed by atoms with van der Waals surface area (Å²) >= 11 is 0. The molecule has 2 heterocycles. The number of aryl methyl sites for hydroxylation is 1. The molecule has 0 radical (unpaired) electrons. The molecule has 4 rings (SSSR count). The summed E-state index contributed by atoms with van der Waals surface area (Å²) in [6.07, 6.45) is -0.0571. The molecule has 166 valence electrons. The lowest BCUT2D eigenvalue weighted by atomic mass is 10.1. The van der Waals surface area contributed by atoms with Crippen LogP contribution in [-0.4, -0.2) is 74.4 Å². The molecule has 0 aliphatic carbocycles. The minimum absolute atomic E-state index is 0.0560. The van der Waals surface area contributed by atoms with E-state index >= 15 is 0 Å². The molecular weight excluding hydrogens is 414 g/mol. The summed E-state index contributed by atoms with van der Waals surface area (Å²) in [7, 11) is -3.77. The quantitative estimate of drug-likeness (QED) is 0.709. The predicted octanol–water partition coefficient (Wildman–Crippen LogP) is 2.25. The van der Waals surface area contributed by atoms with Crippen molar-refractivity contribution in [3.63, 3.8) is 0 Å². The van der Waals surface area contributed by atoms with Crippen LogP contribution in [0.25, 0.3) is 0 Å². The molecule has 0 spiro atoms. The third kappa shape index (κ3) is 4.82. The first-order chi connectivity index (χ1) is 15.0. The Bertz CT molecular complexity index is 989. The van der Waals surface area contributed by atoms with E-state index in [2.05, 4.69) is 4.90 Å². The average Bonchev–Trinajstić information content (AvgIpc) is 2.80. The van der Waals surface area contributed by atoms with Crippen LogP contribution in [0.15, 0.2) is 59.5 Å². The van der Waals surface area contributed by atoms with Gasteiger partial charge in [0.15, 0.2) is 0 Å². The van der Waals surface area contributed by atoms with E-state index in [-0.39, 0.29) is 17.3 Å².